The van der Waals surface area contributed by atoms with E-state index in [1.165, 1.54) is 0 Å². The number of rotatable bonds is 5. The smallest absolute Gasteiger partial charge is 0.254 e. The van der Waals surface area contributed by atoms with Gasteiger partial charge in [-0.3, -0.25) is 14.5 Å². The first-order chi connectivity index (χ1) is 12.3. The van der Waals surface area contributed by atoms with Crippen LogP contribution in [-0.4, -0.2) is 55.3 Å². The van der Waals surface area contributed by atoms with Crippen LogP contribution in [0, 0.1) is 5.92 Å². The Balaban J connectivity index is 1.66. The Hall–Kier alpha value is -2.23. The van der Waals surface area contributed by atoms with Gasteiger partial charge in [-0.2, -0.15) is 4.41 Å². The van der Waals surface area contributed by atoms with E-state index in [-0.39, 0.29) is 24.6 Å². The summed E-state index contributed by atoms with van der Waals surface area (Å²) in [6.45, 7) is 1.04. The van der Waals surface area contributed by atoms with E-state index < -0.39 is 21.8 Å². The minimum atomic E-state index is -3.79. The van der Waals surface area contributed by atoms with Crippen molar-refractivity contribution in [1.29, 1.82) is 0 Å². The van der Waals surface area contributed by atoms with Crippen molar-refractivity contribution in [3.05, 3.63) is 36.1 Å². The van der Waals surface area contributed by atoms with Crippen LogP contribution in [0.5, 0.6) is 0 Å². The van der Waals surface area contributed by atoms with Crippen molar-refractivity contribution >= 4 is 32.7 Å². The average molecular weight is 379 g/mol. The quantitative estimate of drug-likeness (QED) is 0.357. The van der Waals surface area contributed by atoms with Crippen LogP contribution in [0.3, 0.4) is 0 Å². The first-order valence-corrected chi connectivity index (χ1v) is 10.1. The summed E-state index contributed by atoms with van der Waals surface area (Å²) in [5.74, 6) is 4.30. The molecule has 2 heterocycles. The molecule has 0 bridgehead atoms. The highest BCUT2D eigenvalue weighted by atomic mass is 32.2. The predicted octanol–water partition coefficient (Wildman–Crippen LogP) is 0.989. The number of hydrogen-bond acceptors (Lipinski definition) is 7. The number of benzene rings is 1. The minimum absolute atomic E-state index is 0.104. The molecule has 1 amide bonds. The zero-order valence-electron chi connectivity index (χ0n) is 14.4. The monoisotopic (exact) mass is 379 g/mol. The average Bonchev–Trinajstić information content (AvgIpc) is 3.04. The van der Waals surface area contributed by atoms with Crippen LogP contribution >= 0.6 is 0 Å². The van der Waals surface area contributed by atoms with Gasteiger partial charge < -0.3 is 4.42 Å². The van der Waals surface area contributed by atoms with Gasteiger partial charge in [0.1, 0.15) is 5.58 Å². The summed E-state index contributed by atoms with van der Waals surface area (Å²) >= 11 is 0. The highest BCUT2D eigenvalue weighted by Crippen LogP contribution is 2.22. The van der Waals surface area contributed by atoms with Gasteiger partial charge in [0.2, 0.25) is 15.8 Å². The van der Waals surface area contributed by atoms with Crippen LogP contribution in [0.25, 0.3) is 11.0 Å². The van der Waals surface area contributed by atoms with E-state index in [0.717, 1.165) is 11.6 Å². The molecule has 2 N–H and O–H groups in total. The van der Waals surface area contributed by atoms with Gasteiger partial charge in [0.25, 0.3) is 5.91 Å². The fraction of sp³-hybridized carbons (Fsp3) is 0.412. The lowest BCUT2D eigenvalue weighted by Crippen LogP contribution is -2.50. The second kappa shape index (κ2) is 7.18. The number of fused-ring (bicyclic) bond motifs is 1. The number of likely N-dealkylation sites (tertiary alicyclic amines) is 1. The molecule has 26 heavy (non-hydrogen) atoms. The molecular formula is C17H21N3O5S. The van der Waals surface area contributed by atoms with E-state index in [4.69, 9.17) is 10.3 Å². The van der Waals surface area contributed by atoms with Crippen LogP contribution in [0.4, 0.5) is 0 Å². The number of para-hydroxylation sites is 1. The Morgan fingerprint density at radius 1 is 1.35 bits per heavy atom. The number of furan rings is 1. The molecule has 0 radical (unpaired) electrons. The van der Waals surface area contributed by atoms with E-state index >= 15 is 0 Å². The molecule has 3 rings (SSSR count). The number of nitrogens with zero attached hydrogens (tertiary/aromatic N) is 2. The summed E-state index contributed by atoms with van der Waals surface area (Å²) in [6, 6.07) is 9.07. The van der Waals surface area contributed by atoms with E-state index in [0.29, 0.717) is 29.4 Å². The molecule has 140 valence electrons. The fourth-order valence-corrected chi connectivity index (χ4v) is 3.62. The van der Waals surface area contributed by atoms with Crippen LogP contribution in [0.2, 0.25) is 0 Å². The largest absolute Gasteiger partial charge is 0.453 e. The summed E-state index contributed by atoms with van der Waals surface area (Å²) in [4.78, 5) is 26.6. The molecule has 1 atom stereocenters. The lowest BCUT2D eigenvalue weighted by Gasteiger charge is -2.32. The Morgan fingerprint density at radius 3 is 2.77 bits per heavy atom. The van der Waals surface area contributed by atoms with E-state index in [1.54, 1.807) is 12.1 Å². The van der Waals surface area contributed by atoms with Gasteiger partial charge in [0, 0.05) is 11.9 Å². The highest BCUT2D eigenvalue weighted by molar-refractivity contribution is 7.88. The lowest BCUT2D eigenvalue weighted by molar-refractivity contribution is -0.132. The zero-order valence-corrected chi connectivity index (χ0v) is 15.2. The molecule has 8 nitrogen and oxygen atoms in total. The maximum Gasteiger partial charge on any atom is 0.254 e. The SMILES string of the molecule is CS(=O)(=O)N(N)C(=O)C1CCCN(CC(=O)c2cc3ccccc3o2)C1. The molecule has 1 fully saturated rings. The first-order valence-electron chi connectivity index (χ1n) is 8.28. The number of Topliss-reactive ketones (excluding diaryl/α,β-unsaturated/α-hetero) is 1. The number of carbonyl (C=O) groups is 2. The maximum atomic E-state index is 12.5. The Bertz CT molecular complexity index is 904. The predicted molar refractivity (Wildman–Crippen MR) is 95.6 cm³/mol. The standard InChI is InChI=1S/C17H21N3O5S/c1-26(23,24)20(18)17(22)13-6-4-8-19(10-13)11-14(21)16-9-12-5-2-3-7-15(12)25-16/h2-3,5,7,9,13H,4,6,8,10-11,18H2,1H3. The van der Waals surface area contributed by atoms with Crippen LogP contribution < -0.4 is 5.84 Å². The molecule has 1 saturated heterocycles. The van der Waals surface area contributed by atoms with Crippen LogP contribution in [0.15, 0.2) is 34.7 Å². The molecule has 9 heteroatoms. The molecular weight excluding hydrogens is 358 g/mol. The summed E-state index contributed by atoms with van der Waals surface area (Å²) in [6.07, 6.45) is 2.11. The molecule has 1 unspecified atom stereocenters. The molecule has 1 aromatic heterocycles. The van der Waals surface area contributed by atoms with E-state index in [2.05, 4.69) is 0 Å². The van der Waals surface area contributed by atoms with Crippen molar-refractivity contribution in [2.75, 3.05) is 25.9 Å². The van der Waals surface area contributed by atoms with Crippen molar-refractivity contribution in [2.24, 2.45) is 11.8 Å². The summed E-state index contributed by atoms with van der Waals surface area (Å²) in [7, 11) is -3.79. The van der Waals surface area contributed by atoms with Crippen molar-refractivity contribution in [1.82, 2.24) is 9.31 Å². The van der Waals surface area contributed by atoms with Crippen molar-refractivity contribution in [2.45, 2.75) is 12.8 Å². The molecule has 1 aromatic carbocycles. The number of hydrogen-bond donors (Lipinski definition) is 1. The molecule has 0 aliphatic carbocycles. The number of amides is 1. The van der Waals surface area contributed by atoms with Crippen molar-refractivity contribution < 1.29 is 22.4 Å². The van der Waals surface area contributed by atoms with E-state index in [1.807, 2.05) is 23.1 Å². The van der Waals surface area contributed by atoms with Crippen LogP contribution in [0.1, 0.15) is 23.4 Å². The van der Waals surface area contributed by atoms with Crippen LogP contribution in [-0.2, 0) is 14.8 Å². The van der Waals surface area contributed by atoms with Gasteiger partial charge in [-0.25, -0.2) is 14.3 Å². The number of piperidine rings is 1. The van der Waals surface area contributed by atoms with Gasteiger partial charge in [0.05, 0.1) is 18.7 Å². The second-order valence-electron chi connectivity index (χ2n) is 6.54. The van der Waals surface area contributed by atoms with Crippen molar-refractivity contribution in [3.8, 4) is 0 Å². The fourth-order valence-electron chi connectivity index (χ4n) is 3.14. The third-order valence-electron chi connectivity index (χ3n) is 4.50. The summed E-state index contributed by atoms with van der Waals surface area (Å²) in [5.41, 5.74) is 0.648. The molecule has 1 aliphatic heterocycles. The minimum Gasteiger partial charge on any atom is -0.453 e. The second-order valence-corrected chi connectivity index (χ2v) is 8.40. The highest BCUT2D eigenvalue weighted by Gasteiger charge is 2.32. The first kappa shape index (κ1) is 18.6. The number of ketones is 1. The number of carbonyl (C=O) groups excluding carboxylic acids is 2. The Kier molecular flexibility index (Phi) is 5.12. The number of hydrazine groups is 1. The van der Waals surface area contributed by atoms with Crippen molar-refractivity contribution in [3.63, 3.8) is 0 Å². The van der Waals surface area contributed by atoms with Gasteiger partial charge in [-0.1, -0.05) is 18.2 Å². The van der Waals surface area contributed by atoms with Gasteiger partial charge in [0.15, 0.2) is 5.76 Å². The zero-order chi connectivity index (χ0) is 18.9. The number of nitrogens with two attached hydrogens (primary N) is 1. The molecule has 1 aliphatic rings. The third kappa shape index (κ3) is 3.95. The topological polar surface area (TPSA) is 114 Å². The van der Waals surface area contributed by atoms with Gasteiger partial charge in [-0.15, -0.1) is 0 Å². The van der Waals surface area contributed by atoms with Gasteiger partial charge in [-0.05, 0) is 31.5 Å². The maximum absolute atomic E-state index is 12.5. The summed E-state index contributed by atoms with van der Waals surface area (Å²) < 4.78 is 28.8. The number of sulfonamides is 1. The Labute approximate surface area is 151 Å². The Morgan fingerprint density at radius 2 is 2.08 bits per heavy atom. The molecule has 0 spiro atoms. The molecule has 2 aromatic rings. The summed E-state index contributed by atoms with van der Waals surface area (Å²) in [5, 5.41) is 0.856. The van der Waals surface area contributed by atoms with E-state index in [9.17, 15) is 18.0 Å². The molecule has 0 saturated carbocycles. The lowest BCUT2D eigenvalue weighted by atomic mass is 9.97. The van der Waals surface area contributed by atoms with Gasteiger partial charge >= 0.3 is 0 Å². The normalized spacial score (nSPS) is 18.8. The third-order valence-corrected chi connectivity index (χ3v) is 5.39.